The van der Waals surface area contributed by atoms with Gasteiger partial charge in [-0.15, -0.1) is 0 Å². The summed E-state index contributed by atoms with van der Waals surface area (Å²) in [7, 11) is 0. The molecule has 0 bridgehead atoms. The van der Waals surface area contributed by atoms with Crippen LogP contribution >= 0.6 is 0 Å². The molecule has 0 saturated heterocycles. The molecule has 136 valence electrons. The molecule has 0 spiro atoms. The van der Waals surface area contributed by atoms with Gasteiger partial charge in [-0.2, -0.15) is 0 Å². The summed E-state index contributed by atoms with van der Waals surface area (Å²) in [4.78, 5) is 4.74. The second kappa shape index (κ2) is 6.17. The first-order chi connectivity index (χ1) is 13.6. The third kappa shape index (κ3) is 2.51. The summed E-state index contributed by atoms with van der Waals surface area (Å²) in [6, 6.07) is 28.3. The van der Waals surface area contributed by atoms with Crippen LogP contribution < -0.4 is 0 Å². The Morgan fingerprint density at radius 1 is 0.607 bits per heavy atom. The van der Waals surface area contributed by atoms with Crippen LogP contribution in [0.2, 0.25) is 0 Å². The predicted molar refractivity (Wildman–Crippen MR) is 121 cm³/mol. The van der Waals surface area contributed by atoms with Crippen LogP contribution in [-0.4, -0.2) is 4.98 Å². The third-order valence-electron chi connectivity index (χ3n) is 5.58. The van der Waals surface area contributed by atoms with Crippen molar-refractivity contribution in [2.45, 2.75) is 26.2 Å². The van der Waals surface area contributed by atoms with Crippen molar-refractivity contribution < 1.29 is 0 Å². The quantitative estimate of drug-likeness (QED) is 0.282. The molecule has 0 aliphatic carbocycles. The van der Waals surface area contributed by atoms with Gasteiger partial charge >= 0.3 is 0 Å². The lowest BCUT2D eigenvalue weighted by molar-refractivity contribution is 0.601. The number of hydrogen-bond donors (Lipinski definition) is 0. The van der Waals surface area contributed by atoms with Gasteiger partial charge in [-0.05, 0) is 44.2 Å². The zero-order chi connectivity index (χ0) is 19.3. The lowest BCUT2D eigenvalue weighted by Gasteiger charge is -2.26. The molecule has 1 nitrogen and oxygen atoms in total. The van der Waals surface area contributed by atoms with Gasteiger partial charge in [0, 0.05) is 17.1 Å². The van der Waals surface area contributed by atoms with Crippen LogP contribution in [0, 0.1) is 0 Å². The van der Waals surface area contributed by atoms with Gasteiger partial charge in [-0.25, -0.2) is 0 Å². The number of fused-ring (bicyclic) bond motifs is 3. The molecule has 5 aromatic rings. The maximum absolute atomic E-state index is 4.74. The SMILES string of the molecule is CC(C)(C)c1c2ccccc2c(-c2cccc3cccnc23)c2ccccc12. The number of hydrogen-bond acceptors (Lipinski definition) is 1. The average molecular weight is 361 g/mol. The summed E-state index contributed by atoms with van der Waals surface area (Å²) in [6.07, 6.45) is 1.89. The second-order valence-electron chi connectivity index (χ2n) is 8.47. The Balaban J connectivity index is 2.06. The number of rotatable bonds is 1. The molecule has 0 amide bonds. The topological polar surface area (TPSA) is 12.9 Å². The Morgan fingerprint density at radius 2 is 1.18 bits per heavy atom. The molecule has 5 rings (SSSR count). The molecule has 0 fully saturated rings. The molecule has 0 atom stereocenters. The highest BCUT2D eigenvalue weighted by atomic mass is 14.6. The van der Waals surface area contributed by atoms with E-state index in [9.17, 15) is 0 Å². The summed E-state index contributed by atoms with van der Waals surface area (Å²) in [5.74, 6) is 0. The molecule has 4 aromatic carbocycles. The van der Waals surface area contributed by atoms with E-state index in [4.69, 9.17) is 4.98 Å². The van der Waals surface area contributed by atoms with E-state index in [-0.39, 0.29) is 5.41 Å². The molecule has 0 saturated carbocycles. The Bertz CT molecular complexity index is 1280. The summed E-state index contributed by atoms with van der Waals surface area (Å²) in [5.41, 5.74) is 5.00. The standard InChI is InChI=1S/C27H23N/c1-27(2,3)25-21-14-6-4-12-19(21)24(20-13-5-7-15-22(20)25)23-16-8-10-18-11-9-17-28-26(18)23/h4-17H,1-3H3. The van der Waals surface area contributed by atoms with Crippen LogP contribution in [-0.2, 0) is 5.41 Å². The molecule has 1 heterocycles. The van der Waals surface area contributed by atoms with Crippen LogP contribution in [0.15, 0.2) is 85.1 Å². The maximum Gasteiger partial charge on any atom is 0.0780 e. The van der Waals surface area contributed by atoms with Gasteiger partial charge in [0.05, 0.1) is 5.52 Å². The molecular weight excluding hydrogens is 338 g/mol. The number of benzene rings is 4. The molecule has 0 aliphatic rings. The van der Waals surface area contributed by atoms with E-state index >= 15 is 0 Å². The van der Waals surface area contributed by atoms with Gasteiger partial charge in [0.2, 0.25) is 0 Å². The first-order valence-electron chi connectivity index (χ1n) is 9.84. The highest BCUT2D eigenvalue weighted by Gasteiger charge is 2.23. The van der Waals surface area contributed by atoms with Crippen LogP contribution in [0.3, 0.4) is 0 Å². The predicted octanol–water partition coefficient (Wildman–Crippen LogP) is 7.51. The lowest BCUT2D eigenvalue weighted by Crippen LogP contribution is -2.13. The van der Waals surface area contributed by atoms with Crippen molar-refractivity contribution in [2.75, 3.05) is 0 Å². The fourth-order valence-corrected chi connectivity index (χ4v) is 4.53. The fourth-order valence-electron chi connectivity index (χ4n) is 4.53. The second-order valence-corrected chi connectivity index (χ2v) is 8.47. The molecule has 1 heteroatoms. The van der Waals surface area contributed by atoms with Crippen LogP contribution in [0.25, 0.3) is 43.6 Å². The Kier molecular flexibility index (Phi) is 3.73. The van der Waals surface area contributed by atoms with Gasteiger partial charge in [0.1, 0.15) is 0 Å². The van der Waals surface area contributed by atoms with Crippen molar-refractivity contribution in [3.05, 3.63) is 90.6 Å². The van der Waals surface area contributed by atoms with E-state index < -0.39 is 0 Å². The molecule has 0 N–H and O–H groups in total. The fraction of sp³-hybridized carbons (Fsp3) is 0.148. The minimum absolute atomic E-state index is 0.0503. The first kappa shape index (κ1) is 16.9. The summed E-state index contributed by atoms with van der Waals surface area (Å²) < 4.78 is 0. The normalized spacial score (nSPS) is 12.1. The van der Waals surface area contributed by atoms with E-state index in [0.29, 0.717) is 0 Å². The number of nitrogens with zero attached hydrogens (tertiary/aromatic N) is 1. The third-order valence-corrected chi connectivity index (χ3v) is 5.58. The van der Waals surface area contributed by atoms with Crippen molar-refractivity contribution in [3.63, 3.8) is 0 Å². The van der Waals surface area contributed by atoms with Crippen molar-refractivity contribution in [1.29, 1.82) is 0 Å². The van der Waals surface area contributed by atoms with Crippen LogP contribution in [0.5, 0.6) is 0 Å². The monoisotopic (exact) mass is 361 g/mol. The minimum atomic E-state index is 0.0503. The van der Waals surface area contributed by atoms with Crippen molar-refractivity contribution in [2.24, 2.45) is 0 Å². The van der Waals surface area contributed by atoms with Gasteiger partial charge in [0.15, 0.2) is 0 Å². The Hall–Kier alpha value is -3.19. The molecule has 28 heavy (non-hydrogen) atoms. The van der Waals surface area contributed by atoms with Gasteiger partial charge < -0.3 is 0 Å². The van der Waals surface area contributed by atoms with E-state index in [1.165, 1.54) is 43.6 Å². The lowest BCUT2D eigenvalue weighted by atomic mass is 9.78. The maximum atomic E-state index is 4.74. The number of aromatic nitrogens is 1. The smallest absolute Gasteiger partial charge is 0.0780 e. The van der Waals surface area contributed by atoms with Crippen LogP contribution in [0.1, 0.15) is 26.3 Å². The van der Waals surface area contributed by atoms with Crippen LogP contribution in [0.4, 0.5) is 0 Å². The molecule has 0 unspecified atom stereocenters. The highest BCUT2D eigenvalue weighted by Crippen LogP contribution is 2.44. The van der Waals surface area contributed by atoms with Gasteiger partial charge in [0.25, 0.3) is 0 Å². The Labute approximate surface area is 165 Å². The average Bonchev–Trinajstić information content (AvgIpc) is 2.70. The molecule has 0 radical (unpaired) electrons. The zero-order valence-corrected chi connectivity index (χ0v) is 16.5. The van der Waals surface area contributed by atoms with E-state index in [2.05, 4.69) is 93.6 Å². The summed E-state index contributed by atoms with van der Waals surface area (Å²) in [5, 5.41) is 6.43. The Morgan fingerprint density at radius 3 is 1.79 bits per heavy atom. The zero-order valence-electron chi connectivity index (χ0n) is 16.5. The van der Waals surface area contributed by atoms with E-state index in [1.54, 1.807) is 0 Å². The van der Waals surface area contributed by atoms with Gasteiger partial charge in [-0.1, -0.05) is 93.6 Å². The largest absolute Gasteiger partial charge is 0.256 e. The van der Waals surface area contributed by atoms with Crippen molar-refractivity contribution >= 4 is 32.4 Å². The van der Waals surface area contributed by atoms with E-state index in [0.717, 1.165) is 5.52 Å². The van der Waals surface area contributed by atoms with Crippen molar-refractivity contribution in [3.8, 4) is 11.1 Å². The highest BCUT2D eigenvalue weighted by molar-refractivity contribution is 6.18. The molecule has 0 aliphatic heterocycles. The van der Waals surface area contributed by atoms with Gasteiger partial charge in [-0.3, -0.25) is 4.98 Å². The number of para-hydroxylation sites is 1. The van der Waals surface area contributed by atoms with E-state index in [1.807, 2.05) is 12.3 Å². The number of pyridine rings is 1. The summed E-state index contributed by atoms with van der Waals surface area (Å²) >= 11 is 0. The first-order valence-corrected chi connectivity index (χ1v) is 9.84. The van der Waals surface area contributed by atoms with Crippen molar-refractivity contribution in [1.82, 2.24) is 4.98 Å². The molecular formula is C27H23N. The molecule has 1 aromatic heterocycles. The minimum Gasteiger partial charge on any atom is -0.256 e. The summed E-state index contributed by atoms with van der Waals surface area (Å²) in [6.45, 7) is 6.92.